The normalized spacial score (nSPS) is 26.8. The number of nitrogens with zero attached hydrogens (tertiary/aromatic N) is 1. The molecule has 0 spiro atoms. The molecule has 2 rings (SSSR count). The summed E-state index contributed by atoms with van der Waals surface area (Å²) in [5.74, 6) is 0.944. The van der Waals surface area contributed by atoms with Crippen molar-refractivity contribution in [1.82, 2.24) is 9.88 Å². The maximum Gasteiger partial charge on any atom is 0.0223 e. The van der Waals surface area contributed by atoms with E-state index in [0.29, 0.717) is 0 Å². The summed E-state index contributed by atoms with van der Waals surface area (Å²) >= 11 is 0. The first kappa shape index (κ1) is 10.7. The molecule has 0 unspecified atom stereocenters. The minimum Gasteiger partial charge on any atom is -0.357 e. The molecule has 1 aromatic rings. The molecular weight excluding hydrogens is 184 g/mol. The molecule has 2 nitrogen and oxygen atoms in total. The van der Waals surface area contributed by atoms with Crippen molar-refractivity contribution >= 4 is 0 Å². The van der Waals surface area contributed by atoms with Crippen molar-refractivity contribution in [3.05, 3.63) is 24.0 Å². The highest BCUT2D eigenvalue weighted by Crippen LogP contribution is 2.23. The van der Waals surface area contributed by atoms with Crippen LogP contribution in [0.25, 0.3) is 0 Å². The molecule has 1 heterocycles. The van der Waals surface area contributed by atoms with Crippen molar-refractivity contribution < 1.29 is 0 Å². The van der Waals surface area contributed by atoms with Gasteiger partial charge in [0.25, 0.3) is 0 Å². The predicted octanol–water partition coefficient (Wildman–Crippen LogP) is 2.69. The van der Waals surface area contributed by atoms with Crippen LogP contribution in [0.1, 0.15) is 38.2 Å². The van der Waals surface area contributed by atoms with Crippen LogP contribution in [0.3, 0.4) is 0 Å². The van der Waals surface area contributed by atoms with Crippen LogP contribution >= 0.6 is 0 Å². The van der Waals surface area contributed by atoms with Crippen LogP contribution in [0, 0.1) is 5.92 Å². The molecule has 1 aliphatic rings. The molecule has 1 aromatic heterocycles. The quantitative estimate of drug-likeness (QED) is 0.804. The van der Waals surface area contributed by atoms with Crippen LogP contribution in [0.15, 0.2) is 18.5 Å². The van der Waals surface area contributed by atoms with E-state index in [1.165, 1.54) is 31.2 Å². The average molecular weight is 206 g/mol. The van der Waals surface area contributed by atoms with Crippen molar-refractivity contribution in [3.8, 4) is 0 Å². The summed E-state index contributed by atoms with van der Waals surface area (Å²) in [5.41, 5.74) is 1.40. The first-order valence-electron chi connectivity index (χ1n) is 6.08. The second kappa shape index (κ2) is 4.84. The van der Waals surface area contributed by atoms with Crippen LogP contribution in [0.4, 0.5) is 0 Å². The number of aromatic nitrogens is 1. The molecule has 0 bridgehead atoms. The van der Waals surface area contributed by atoms with Gasteiger partial charge in [0.2, 0.25) is 0 Å². The third-order valence-corrected chi connectivity index (χ3v) is 3.50. The van der Waals surface area contributed by atoms with E-state index in [1.54, 1.807) is 0 Å². The molecule has 84 valence electrons. The molecule has 0 aliphatic heterocycles. The molecular formula is C13H22N2. The highest BCUT2D eigenvalue weighted by atomic mass is 14.9. The van der Waals surface area contributed by atoms with E-state index in [4.69, 9.17) is 0 Å². The Morgan fingerprint density at radius 1 is 1.33 bits per heavy atom. The van der Waals surface area contributed by atoms with Gasteiger partial charge in [0.05, 0.1) is 0 Å². The smallest absolute Gasteiger partial charge is 0.0223 e. The molecule has 0 aromatic carbocycles. The highest BCUT2D eigenvalue weighted by molar-refractivity contribution is 5.09. The zero-order valence-electron chi connectivity index (χ0n) is 9.87. The van der Waals surface area contributed by atoms with Crippen molar-refractivity contribution in [2.75, 3.05) is 0 Å². The van der Waals surface area contributed by atoms with E-state index in [1.807, 2.05) is 0 Å². The summed E-state index contributed by atoms with van der Waals surface area (Å²) in [6.45, 7) is 3.40. The molecule has 1 N–H and O–H groups in total. The standard InChI is InChI=1S/C13H22N2/c1-11-3-5-13(6-4-11)14-9-12-7-8-15(2)10-12/h7-8,10-11,13-14H,3-6,9H2,1-2H3. The lowest BCUT2D eigenvalue weighted by Gasteiger charge is -2.26. The fraction of sp³-hybridized carbons (Fsp3) is 0.692. The summed E-state index contributed by atoms with van der Waals surface area (Å²) < 4.78 is 2.11. The van der Waals surface area contributed by atoms with Crippen molar-refractivity contribution in [1.29, 1.82) is 0 Å². The monoisotopic (exact) mass is 206 g/mol. The number of hydrogen-bond acceptors (Lipinski definition) is 1. The lowest BCUT2D eigenvalue weighted by molar-refractivity contribution is 0.306. The Morgan fingerprint density at radius 2 is 2.07 bits per heavy atom. The molecule has 0 atom stereocenters. The summed E-state index contributed by atoms with van der Waals surface area (Å²) in [6, 6.07) is 2.94. The lowest BCUT2D eigenvalue weighted by Crippen LogP contribution is -2.32. The van der Waals surface area contributed by atoms with Gasteiger partial charge < -0.3 is 9.88 Å². The maximum absolute atomic E-state index is 3.66. The van der Waals surface area contributed by atoms with Crippen molar-refractivity contribution in [3.63, 3.8) is 0 Å². The fourth-order valence-electron chi connectivity index (χ4n) is 2.39. The molecule has 2 heteroatoms. The van der Waals surface area contributed by atoms with Gasteiger partial charge >= 0.3 is 0 Å². The van der Waals surface area contributed by atoms with Gasteiger partial charge in [0, 0.05) is 32.0 Å². The van der Waals surface area contributed by atoms with Crippen LogP contribution in [-0.2, 0) is 13.6 Å². The molecule has 0 amide bonds. The number of nitrogens with one attached hydrogen (secondary N) is 1. The van der Waals surface area contributed by atoms with E-state index in [-0.39, 0.29) is 0 Å². The lowest BCUT2D eigenvalue weighted by atomic mass is 9.87. The van der Waals surface area contributed by atoms with Gasteiger partial charge in [-0.15, -0.1) is 0 Å². The molecule has 0 radical (unpaired) electrons. The predicted molar refractivity (Wildman–Crippen MR) is 63.7 cm³/mol. The summed E-state index contributed by atoms with van der Waals surface area (Å²) in [6.07, 6.45) is 9.80. The Morgan fingerprint density at radius 3 is 2.67 bits per heavy atom. The van der Waals surface area contributed by atoms with Gasteiger partial charge in [0.15, 0.2) is 0 Å². The van der Waals surface area contributed by atoms with Crippen molar-refractivity contribution in [2.45, 2.75) is 45.2 Å². The SMILES string of the molecule is CC1CCC(NCc2ccn(C)c2)CC1. The molecule has 1 fully saturated rings. The zero-order valence-corrected chi connectivity index (χ0v) is 9.87. The summed E-state index contributed by atoms with van der Waals surface area (Å²) in [4.78, 5) is 0. The van der Waals surface area contributed by atoms with E-state index in [0.717, 1.165) is 18.5 Å². The fourth-order valence-corrected chi connectivity index (χ4v) is 2.39. The number of aryl methyl sites for hydroxylation is 1. The van der Waals surface area contributed by atoms with Gasteiger partial charge in [-0.05, 0) is 43.2 Å². The van der Waals surface area contributed by atoms with Crippen LogP contribution < -0.4 is 5.32 Å². The Kier molecular flexibility index (Phi) is 3.47. The number of rotatable bonds is 3. The zero-order chi connectivity index (χ0) is 10.7. The van der Waals surface area contributed by atoms with E-state index >= 15 is 0 Å². The van der Waals surface area contributed by atoms with E-state index < -0.39 is 0 Å². The van der Waals surface area contributed by atoms with Crippen LogP contribution in [-0.4, -0.2) is 10.6 Å². The van der Waals surface area contributed by atoms with Gasteiger partial charge in [-0.25, -0.2) is 0 Å². The summed E-state index contributed by atoms with van der Waals surface area (Å²) in [5, 5.41) is 3.66. The Bertz CT molecular complexity index is 295. The second-order valence-corrected chi connectivity index (χ2v) is 5.02. The molecule has 1 saturated carbocycles. The van der Waals surface area contributed by atoms with Crippen LogP contribution in [0.5, 0.6) is 0 Å². The van der Waals surface area contributed by atoms with Gasteiger partial charge in [-0.2, -0.15) is 0 Å². The average Bonchev–Trinajstić information content (AvgIpc) is 2.64. The Labute approximate surface area is 92.7 Å². The minimum atomic E-state index is 0.751. The van der Waals surface area contributed by atoms with Crippen LogP contribution in [0.2, 0.25) is 0 Å². The molecule has 0 saturated heterocycles. The van der Waals surface area contributed by atoms with E-state index in [2.05, 4.69) is 42.3 Å². The van der Waals surface area contributed by atoms with Gasteiger partial charge in [-0.1, -0.05) is 6.92 Å². The largest absolute Gasteiger partial charge is 0.357 e. The molecule has 1 aliphatic carbocycles. The minimum absolute atomic E-state index is 0.751. The summed E-state index contributed by atoms with van der Waals surface area (Å²) in [7, 11) is 2.08. The Balaban J connectivity index is 1.74. The maximum atomic E-state index is 3.66. The second-order valence-electron chi connectivity index (χ2n) is 5.02. The first-order valence-corrected chi connectivity index (χ1v) is 6.08. The third-order valence-electron chi connectivity index (χ3n) is 3.50. The highest BCUT2D eigenvalue weighted by Gasteiger charge is 2.17. The van der Waals surface area contributed by atoms with Gasteiger partial charge in [0.1, 0.15) is 0 Å². The van der Waals surface area contributed by atoms with Gasteiger partial charge in [-0.3, -0.25) is 0 Å². The van der Waals surface area contributed by atoms with E-state index in [9.17, 15) is 0 Å². The van der Waals surface area contributed by atoms with Crippen molar-refractivity contribution in [2.24, 2.45) is 13.0 Å². The topological polar surface area (TPSA) is 17.0 Å². The third kappa shape index (κ3) is 3.10. The number of hydrogen-bond donors (Lipinski definition) is 1. The molecule has 15 heavy (non-hydrogen) atoms. The Hall–Kier alpha value is -0.760. The first-order chi connectivity index (χ1) is 7.24.